The number of hydrogen-bond donors (Lipinski definition) is 2. The van der Waals surface area contributed by atoms with E-state index in [2.05, 4.69) is 5.32 Å². The van der Waals surface area contributed by atoms with Gasteiger partial charge in [-0.3, -0.25) is 4.79 Å². The molecule has 0 bridgehead atoms. The molecule has 0 aromatic heterocycles. The van der Waals surface area contributed by atoms with Crippen LogP contribution in [-0.2, 0) is 9.59 Å². The van der Waals surface area contributed by atoms with Gasteiger partial charge in [-0.05, 0) is 31.8 Å². The van der Waals surface area contributed by atoms with Crippen LogP contribution in [0.2, 0.25) is 0 Å². The minimum Gasteiger partial charge on any atom is -0.480 e. The monoisotopic (exact) mass is 245 g/mol. The Morgan fingerprint density at radius 1 is 1.50 bits per heavy atom. The van der Waals surface area contributed by atoms with E-state index >= 15 is 0 Å². The fourth-order valence-electron chi connectivity index (χ4n) is 1.16. The van der Waals surface area contributed by atoms with E-state index in [1.165, 1.54) is 0 Å². The van der Waals surface area contributed by atoms with E-state index in [1.54, 1.807) is 24.8 Å². The predicted molar refractivity (Wildman–Crippen MR) is 66.6 cm³/mol. The fourth-order valence-corrected chi connectivity index (χ4v) is 1.64. The normalized spacial score (nSPS) is 13.3. The van der Waals surface area contributed by atoms with Gasteiger partial charge in [0.1, 0.15) is 6.04 Å². The molecule has 16 heavy (non-hydrogen) atoms. The maximum absolute atomic E-state index is 11.6. The molecule has 0 fully saturated rings. The second-order valence-corrected chi connectivity index (χ2v) is 4.43. The maximum Gasteiger partial charge on any atom is 0.326 e. The third-order valence-electron chi connectivity index (χ3n) is 2.08. The molecule has 4 nitrogen and oxygen atoms in total. The van der Waals surface area contributed by atoms with Crippen molar-refractivity contribution in [2.24, 2.45) is 0 Å². The summed E-state index contributed by atoms with van der Waals surface area (Å²) in [7, 11) is 0. The number of allylic oxidation sites excluding steroid dienone is 1. The number of hydrogen-bond acceptors (Lipinski definition) is 3. The van der Waals surface area contributed by atoms with Gasteiger partial charge in [-0.1, -0.05) is 13.0 Å². The largest absolute Gasteiger partial charge is 0.480 e. The van der Waals surface area contributed by atoms with Crippen molar-refractivity contribution in [3.8, 4) is 0 Å². The molecule has 0 rings (SSSR count). The topological polar surface area (TPSA) is 66.4 Å². The van der Waals surface area contributed by atoms with Crippen LogP contribution in [0.25, 0.3) is 0 Å². The lowest BCUT2D eigenvalue weighted by molar-refractivity contribution is -0.141. The first kappa shape index (κ1) is 15.0. The van der Waals surface area contributed by atoms with Gasteiger partial charge in [0.15, 0.2) is 0 Å². The summed E-state index contributed by atoms with van der Waals surface area (Å²) in [6.45, 7) is 3.62. The number of carbonyl (C=O) groups excluding carboxylic acids is 1. The molecule has 1 atom stereocenters. The van der Waals surface area contributed by atoms with Crippen molar-refractivity contribution in [1.29, 1.82) is 0 Å². The van der Waals surface area contributed by atoms with Gasteiger partial charge in [0, 0.05) is 5.57 Å². The molecule has 0 aliphatic carbocycles. The quantitative estimate of drug-likeness (QED) is 0.669. The van der Waals surface area contributed by atoms with E-state index < -0.39 is 12.0 Å². The van der Waals surface area contributed by atoms with Crippen molar-refractivity contribution in [3.05, 3.63) is 11.6 Å². The Kier molecular flexibility index (Phi) is 7.72. The van der Waals surface area contributed by atoms with Crippen molar-refractivity contribution in [1.82, 2.24) is 5.32 Å². The summed E-state index contributed by atoms with van der Waals surface area (Å²) in [6.07, 6.45) is 4.90. The van der Waals surface area contributed by atoms with Crippen LogP contribution >= 0.6 is 11.8 Å². The molecule has 0 aromatic rings. The Bertz CT molecular complexity index is 276. The summed E-state index contributed by atoms with van der Waals surface area (Å²) < 4.78 is 0. The Labute approximate surface area is 100 Å². The number of aliphatic carboxylic acids is 1. The molecule has 0 spiro atoms. The van der Waals surface area contributed by atoms with Crippen LogP contribution in [0.1, 0.15) is 26.7 Å². The predicted octanol–water partition coefficient (Wildman–Crippen LogP) is 1.67. The van der Waals surface area contributed by atoms with E-state index in [1.807, 2.05) is 13.2 Å². The van der Waals surface area contributed by atoms with Crippen LogP contribution in [0.15, 0.2) is 11.6 Å². The highest BCUT2D eigenvalue weighted by atomic mass is 32.2. The maximum atomic E-state index is 11.6. The first-order chi connectivity index (χ1) is 7.52. The number of rotatable bonds is 7. The standard InChI is InChI=1S/C11H19NO3S/c1-4-5-8(2)10(13)12-9(11(14)15)6-7-16-3/h5,9H,4,6-7H2,1-3H3,(H,12,13)(H,14,15)/b8-5+. The van der Waals surface area contributed by atoms with Crippen LogP contribution in [0, 0.1) is 0 Å². The highest BCUT2D eigenvalue weighted by Crippen LogP contribution is 2.03. The second kappa shape index (κ2) is 8.21. The smallest absolute Gasteiger partial charge is 0.326 e. The van der Waals surface area contributed by atoms with E-state index in [0.29, 0.717) is 17.7 Å². The highest BCUT2D eigenvalue weighted by Gasteiger charge is 2.19. The molecule has 2 N–H and O–H groups in total. The molecular weight excluding hydrogens is 226 g/mol. The third kappa shape index (κ3) is 5.80. The van der Waals surface area contributed by atoms with Crippen molar-refractivity contribution in [3.63, 3.8) is 0 Å². The molecule has 0 heterocycles. The number of amides is 1. The van der Waals surface area contributed by atoms with Crippen LogP contribution in [-0.4, -0.2) is 35.0 Å². The molecular formula is C11H19NO3S. The van der Waals surface area contributed by atoms with Crippen molar-refractivity contribution in [2.45, 2.75) is 32.7 Å². The van der Waals surface area contributed by atoms with Gasteiger partial charge in [0.05, 0.1) is 0 Å². The molecule has 0 aliphatic heterocycles. The van der Waals surface area contributed by atoms with E-state index in [0.717, 1.165) is 6.42 Å². The SMILES string of the molecule is CC/C=C(\C)C(=O)NC(CCSC)C(=O)O. The lowest BCUT2D eigenvalue weighted by atomic mass is 10.2. The number of carbonyl (C=O) groups is 2. The molecule has 92 valence electrons. The summed E-state index contributed by atoms with van der Waals surface area (Å²) in [5, 5.41) is 11.4. The highest BCUT2D eigenvalue weighted by molar-refractivity contribution is 7.98. The van der Waals surface area contributed by atoms with Crippen molar-refractivity contribution < 1.29 is 14.7 Å². The lowest BCUT2D eigenvalue weighted by Gasteiger charge is -2.14. The number of nitrogens with one attached hydrogen (secondary N) is 1. The van der Waals surface area contributed by atoms with Gasteiger partial charge >= 0.3 is 5.97 Å². The minimum atomic E-state index is -0.980. The summed E-state index contributed by atoms with van der Waals surface area (Å²) in [6, 6.07) is -0.792. The first-order valence-corrected chi connectivity index (χ1v) is 6.61. The van der Waals surface area contributed by atoms with Crippen molar-refractivity contribution >= 4 is 23.6 Å². The number of carboxylic acids is 1. The molecule has 0 radical (unpaired) electrons. The number of thioether (sulfide) groups is 1. The van der Waals surface area contributed by atoms with Gasteiger partial charge < -0.3 is 10.4 Å². The zero-order chi connectivity index (χ0) is 12.6. The second-order valence-electron chi connectivity index (χ2n) is 3.44. The van der Waals surface area contributed by atoms with Crippen LogP contribution in [0.4, 0.5) is 0 Å². The zero-order valence-corrected chi connectivity index (χ0v) is 10.8. The fraction of sp³-hybridized carbons (Fsp3) is 0.636. The number of carboxylic acid groups (broad SMARTS) is 1. The van der Waals surface area contributed by atoms with Gasteiger partial charge in [0.2, 0.25) is 5.91 Å². The Morgan fingerprint density at radius 2 is 2.12 bits per heavy atom. The van der Waals surface area contributed by atoms with E-state index in [9.17, 15) is 9.59 Å². The molecule has 0 aliphatic rings. The average molecular weight is 245 g/mol. The molecule has 1 unspecified atom stereocenters. The average Bonchev–Trinajstić information content (AvgIpc) is 2.23. The van der Waals surface area contributed by atoms with Gasteiger partial charge in [-0.15, -0.1) is 0 Å². The Hall–Kier alpha value is -0.970. The first-order valence-electron chi connectivity index (χ1n) is 5.22. The summed E-state index contributed by atoms with van der Waals surface area (Å²) >= 11 is 1.56. The van der Waals surface area contributed by atoms with Gasteiger partial charge in [-0.2, -0.15) is 11.8 Å². The molecule has 0 saturated carbocycles. The minimum absolute atomic E-state index is 0.296. The van der Waals surface area contributed by atoms with Crippen LogP contribution < -0.4 is 5.32 Å². The van der Waals surface area contributed by atoms with Crippen molar-refractivity contribution in [2.75, 3.05) is 12.0 Å². The summed E-state index contributed by atoms with van der Waals surface area (Å²) in [4.78, 5) is 22.4. The Balaban J connectivity index is 4.34. The molecule has 5 heteroatoms. The molecule has 0 aromatic carbocycles. The lowest BCUT2D eigenvalue weighted by Crippen LogP contribution is -2.41. The van der Waals surface area contributed by atoms with E-state index in [4.69, 9.17) is 5.11 Å². The summed E-state index contributed by atoms with van der Waals surface area (Å²) in [5.74, 6) is -0.560. The summed E-state index contributed by atoms with van der Waals surface area (Å²) in [5.41, 5.74) is 0.568. The zero-order valence-electron chi connectivity index (χ0n) is 9.95. The Morgan fingerprint density at radius 3 is 2.56 bits per heavy atom. The van der Waals surface area contributed by atoms with Gasteiger partial charge in [-0.25, -0.2) is 4.79 Å². The van der Waals surface area contributed by atoms with Gasteiger partial charge in [0.25, 0.3) is 0 Å². The van der Waals surface area contributed by atoms with E-state index in [-0.39, 0.29) is 5.91 Å². The van der Waals surface area contributed by atoms with Crippen LogP contribution in [0.3, 0.4) is 0 Å². The molecule has 0 saturated heterocycles. The third-order valence-corrected chi connectivity index (χ3v) is 2.73. The molecule has 1 amide bonds. The van der Waals surface area contributed by atoms with Crippen LogP contribution in [0.5, 0.6) is 0 Å².